The quantitative estimate of drug-likeness (QED) is 0.143. The number of imide groups is 1. The standard InChI is InChI=1S/C26H30N2O10/c1-27(17-19-6-4-3-5-7-19)12-14-36-24(32)10-11-25(33)38-18-20-16-21(29)28(26(20)34)13-15-37-23(31)9-8-22(30)35-2/h3-11,20H,12-18H2,1-2H3/b9-8+,11-10+. The van der Waals surface area contributed by atoms with Crippen molar-refractivity contribution in [2.75, 3.05) is 47.1 Å². The summed E-state index contributed by atoms with van der Waals surface area (Å²) < 4.78 is 19.2. The molecule has 38 heavy (non-hydrogen) atoms. The van der Waals surface area contributed by atoms with Crippen LogP contribution in [0.1, 0.15) is 12.0 Å². The van der Waals surface area contributed by atoms with Crippen molar-refractivity contribution in [1.29, 1.82) is 0 Å². The lowest BCUT2D eigenvalue weighted by molar-refractivity contribution is -0.146. The van der Waals surface area contributed by atoms with Crippen molar-refractivity contribution in [3.05, 3.63) is 60.2 Å². The highest BCUT2D eigenvalue weighted by Gasteiger charge is 2.39. The molecule has 12 nitrogen and oxygen atoms in total. The Morgan fingerprint density at radius 3 is 2.11 bits per heavy atom. The first-order valence-electron chi connectivity index (χ1n) is 11.7. The number of hydrogen-bond acceptors (Lipinski definition) is 11. The molecular weight excluding hydrogens is 500 g/mol. The molecule has 1 unspecified atom stereocenters. The monoisotopic (exact) mass is 530 g/mol. The Kier molecular flexibility index (Phi) is 12.4. The highest BCUT2D eigenvalue weighted by atomic mass is 16.5. The number of esters is 4. The Bertz CT molecular complexity index is 1070. The Hall–Kier alpha value is -4.32. The minimum Gasteiger partial charge on any atom is -0.466 e. The fourth-order valence-electron chi connectivity index (χ4n) is 3.30. The lowest BCUT2D eigenvalue weighted by Gasteiger charge is -2.16. The number of carbonyl (C=O) groups is 6. The fraction of sp³-hybridized carbons (Fsp3) is 0.385. The third-order valence-corrected chi connectivity index (χ3v) is 5.25. The van der Waals surface area contributed by atoms with Gasteiger partial charge in [-0.1, -0.05) is 30.3 Å². The molecule has 1 saturated heterocycles. The van der Waals surface area contributed by atoms with Crippen molar-refractivity contribution in [1.82, 2.24) is 9.80 Å². The minimum absolute atomic E-state index is 0.132. The molecule has 204 valence electrons. The molecule has 0 N–H and O–H groups in total. The maximum atomic E-state index is 12.4. The van der Waals surface area contributed by atoms with Gasteiger partial charge in [0.05, 0.1) is 19.6 Å². The molecule has 1 fully saturated rings. The molecule has 1 heterocycles. The van der Waals surface area contributed by atoms with Crippen molar-refractivity contribution in [3.63, 3.8) is 0 Å². The average molecular weight is 531 g/mol. The van der Waals surface area contributed by atoms with Gasteiger partial charge in [0.2, 0.25) is 11.8 Å². The van der Waals surface area contributed by atoms with Crippen LogP contribution in [0, 0.1) is 5.92 Å². The smallest absolute Gasteiger partial charge is 0.331 e. The molecule has 1 atom stereocenters. The largest absolute Gasteiger partial charge is 0.466 e. The zero-order valence-electron chi connectivity index (χ0n) is 21.2. The molecule has 0 aromatic heterocycles. The van der Waals surface area contributed by atoms with Gasteiger partial charge in [0.15, 0.2) is 0 Å². The fourth-order valence-corrected chi connectivity index (χ4v) is 3.30. The maximum Gasteiger partial charge on any atom is 0.331 e. The third-order valence-electron chi connectivity index (χ3n) is 5.25. The van der Waals surface area contributed by atoms with E-state index >= 15 is 0 Å². The summed E-state index contributed by atoms with van der Waals surface area (Å²) in [6, 6.07) is 9.81. The predicted octanol–water partition coefficient (Wildman–Crippen LogP) is 0.409. The van der Waals surface area contributed by atoms with Gasteiger partial charge >= 0.3 is 23.9 Å². The number of ether oxygens (including phenoxy) is 4. The Morgan fingerprint density at radius 2 is 1.47 bits per heavy atom. The van der Waals surface area contributed by atoms with Crippen LogP contribution in [0.15, 0.2) is 54.6 Å². The van der Waals surface area contributed by atoms with Gasteiger partial charge in [-0.2, -0.15) is 0 Å². The van der Waals surface area contributed by atoms with E-state index in [0.29, 0.717) is 13.1 Å². The minimum atomic E-state index is -0.887. The lowest BCUT2D eigenvalue weighted by Crippen LogP contribution is -2.35. The summed E-state index contributed by atoms with van der Waals surface area (Å²) in [5.41, 5.74) is 1.13. The summed E-state index contributed by atoms with van der Waals surface area (Å²) in [5, 5.41) is 0. The van der Waals surface area contributed by atoms with E-state index in [4.69, 9.17) is 14.2 Å². The number of nitrogens with zero attached hydrogens (tertiary/aromatic N) is 2. The molecular formula is C26H30N2O10. The van der Waals surface area contributed by atoms with Crippen LogP contribution < -0.4 is 0 Å². The number of rotatable bonds is 14. The summed E-state index contributed by atoms with van der Waals surface area (Å²) in [6.45, 7) is 0.502. The summed E-state index contributed by atoms with van der Waals surface area (Å²) in [6.07, 6.45) is 3.37. The van der Waals surface area contributed by atoms with Gasteiger partial charge in [0.25, 0.3) is 0 Å². The molecule has 2 rings (SSSR count). The normalized spacial score (nSPS) is 15.3. The summed E-state index contributed by atoms with van der Waals surface area (Å²) >= 11 is 0. The molecule has 2 amide bonds. The zero-order chi connectivity index (χ0) is 27.9. The third kappa shape index (κ3) is 10.7. The topological polar surface area (TPSA) is 146 Å². The van der Waals surface area contributed by atoms with E-state index in [1.54, 1.807) is 0 Å². The van der Waals surface area contributed by atoms with Crippen LogP contribution >= 0.6 is 0 Å². The maximum absolute atomic E-state index is 12.4. The molecule has 0 saturated carbocycles. The van der Waals surface area contributed by atoms with Gasteiger partial charge in [0.1, 0.15) is 19.8 Å². The number of amides is 2. The summed E-state index contributed by atoms with van der Waals surface area (Å²) in [7, 11) is 3.04. The van der Waals surface area contributed by atoms with E-state index in [1.165, 1.54) is 0 Å². The highest BCUT2D eigenvalue weighted by Crippen LogP contribution is 2.19. The van der Waals surface area contributed by atoms with E-state index in [2.05, 4.69) is 4.74 Å². The highest BCUT2D eigenvalue weighted by molar-refractivity contribution is 6.03. The van der Waals surface area contributed by atoms with Gasteiger partial charge in [-0.25, -0.2) is 19.2 Å². The second kappa shape index (κ2) is 15.7. The first-order valence-corrected chi connectivity index (χ1v) is 11.7. The first kappa shape index (κ1) is 29.9. The number of benzene rings is 1. The Labute approximate surface area is 219 Å². The van der Waals surface area contributed by atoms with E-state index < -0.39 is 41.6 Å². The number of likely N-dealkylation sites (N-methyl/N-ethyl adjacent to an activating group) is 1. The molecule has 12 heteroatoms. The van der Waals surface area contributed by atoms with Crippen LogP contribution in [0.3, 0.4) is 0 Å². The summed E-state index contributed by atoms with van der Waals surface area (Å²) in [4.78, 5) is 73.6. The van der Waals surface area contributed by atoms with E-state index in [0.717, 1.165) is 41.9 Å². The van der Waals surface area contributed by atoms with Crippen LogP contribution in [0.5, 0.6) is 0 Å². The molecule has 0 bridgehead atoms. The van der Waals surface area contributed by atoms with E-state index in [-0.39, 0.29) is 32.8 Å². The molecule has 1 aromatic rings. The van der Waals surface area contributed by atoms with Crippen LogP contribution in [-0.4, -0.2) is 92.6 Å². The number of likely N-dealkylation sites (tertiary alicyclic amines) is 1. The van der Waals surface area contributed by atoms with Gasteiger partial charge < -0.3 is 18.9 Å². The number of methoxy groups -OCH3 is 1. The predicted molar refractivity (Wildman–Crippen MR) is 131 cm³/mol. The van der Waals surface area contributed by atoms with Gasteiger partial charge in [-0.05, 0) is 12.6 Å². The molecule has 1 aliphatic heterocycles. The molecule has 1 aliphatic rings. The Balaban J connectivity index is 1.65. The van der Waals surface area contributed by atoms with Gasteiger partial charge in [-0.15, -0.1) is 0 Å². The van der Waals surface area contributed by atoms with Crippen molar-refractivity contribution >= 4 is 35.7 Å². The van der Waals surface area contributed by atoms with E-state index in [9.17, 15) is 28.8 Å². The molecule has 0 spiro atoms. The lowest BCUT2D eigenvalue weighted by atomic mass is 10.1. The van der Waals surface area contributed by atoms with Crippen molar-refractivity contribution in [2.24, 2.45) is 5.92 Å². The molecule has 1 aromatic carbocycles. The van der Waals surface area contributed by atoms with Gasteiger partial charge in [-0.3, -0.25) is 19.4 Å². The summed E-state index contributed by atoms with van der Waals surface area (Å²) in [5.74, 6) is -5.14. The molecule has 0 radical (unpaired) electrons. The van der Waals surface area contributed by atoms with E-state index in [1.807, 2.05) is 42.3 Å². The van der Waals surface area contributed by atoms with Crippen LogP contribution in [-0.2, 0) is 54.3 Å². The second-order valence-corrected chi connectivity index (χ2v) is 8.16. The van der Waals surface area contributed by atoms with Crippen molar-refractivity contribution < 1.29 is 47.7 Å². The molecule has 0 aliphatic carbocycles. The van der Waals surface area contributed by atoms with Crippen LogP contribution in [0.4, 0.5) is 0 Å². The number of hydrogen-bond donors (Lipinski definition) is 0. The average Bonchev–Trinajstić information content (AvgIpc) is 3.17. The SMILES string of the molecule is COC(=O)/C=C/C(=O)OCCN1C(=O)CC(COC(=O)/C=C/C(=O)OCCN(C)Cc2ccccc2)C1=O. The second-order valence-electron chi connectivity index (χ2n) is 8.16. The van der Waals surface area contributed by atoms with Crippen LogP contribution in [0.25, 0.3) is 0 Å². The number of carbonyl (C=O) groups excluding carboxylic acids is 6. The van der Waals surface area contributed by atoms with Crippen LogP contribution in [0.2, 0.25) is 0 Å². The zero-order valence-corrected chi connectivity index (χ0v) is 21.2. The Morgan fingerprint density at radius 1 is 0.895 bits per heavy atom. The van der Waals surface area contributed by atoms with Gasteiger partial charge in [0, 0.05) is 43.8 Å². The van der Waals surface area contributed by atoms with Crippen molar-refractivity contribution in [2.45, 2.75) is 13.0 Å². The first-order chi connectivity index (χ1) is 18.2. The van der Waals surface area contributed by atoms with Crippen molar-refractivity contribution in [3.8, 4) is 0 Å².